The number of carbonyl (C=O) groups is 1. The number of nitrogens with one attached hydrogen (secondary N) is 3. The van der Waals surface area contributed by atoms with Gasteiger partial charge in [0, 0.05) is 9.50 Å². The summed E-state index contributed by atoms with van der Waals surface area (Å²) < 4.78 is 0.725. The van der Waals surface area contributed by atoms with Gasteiger partial charge in [-0.25, -0.2) is 4.79 Å². The van der Waals surface area contributed by atoms with E-state index in [4.69, 9.17) is 22.7 Å². The zero-order valence-corrected chi connectivity index (χ0v) is 9.82. The van der Waals surface area contributed by atoms with Gasteiger partial charge in [-0.15, -0.1) is 0 Å². The molecule has 0 aromatic heterocycles. The molecule has 15 heavy (non-hydrogen) atoms. The van der Waals surface area contributed by atoms with E-state index in [-0.39, 0.29) is 5.96 Å². The van der Waals surface area contributed by atoms with Gasteiger partial charge < -0.3 is 11.1 Å². The SMILES string of the molecule is N=C(NC(N)=O)Nc1cc(Cl)ccc1Br. The van der Waals surface area contributed by atoms with Crippen molar-refractivity contribution in [1.82, 2.24) is 5.32 Å². The first-order valence-corrected chi connectivity index (χ1v) is 5.03. The zero-order valence-electron chi connectivity index (χ0n) is 7.47. The van der Waals surface area contributed by atoms with Crippen LogP contribution in [-0.4, -0.2) is 12.0 Å². The van der Waals surface area contributed by atoms with Crippen molar-refractivity contribution in [1.29, 1.82) is 5.41 Å². The smallest absolute Gasteiger partial charge is 0.318 e. The average Bonchev–Trinajstić information content (AvgIpc) is 2.10. The van der Waals surface area contributed by atoms with Crippen molar-refractivity contribution in [2.24, 2.45) is 5.73 Å². The summed E-state index contributed by atoms with van der Waals surface area (Å²) in [7, 11) is 0. The Hall–Kier alpha value is -1.27. The first-order chi connectivity index (χ1) is 6.99. The number of hydrogen-bond acceptors (Lipinski definition) is 2. The predicted molar refractivity (Wildman–Crippen MR) is 63.2 cm³/mol. The summed E-state index contributed by atoms with van der Waals surface area (Å²) in [6.07, 6.45) is 0. The summed E-state index contributed by atoms with van der Waals surface area (Å²) in [6.45, 7) is 0. The molecule has 5 N–H and O–H groups in total. The van der Waals surface area contributed by atoms with Crippen LogP contribution in [0.4, 0.5) is 10.5 Å². The number of amides is 2. The Morgan fingerprint density at radius 1 is 1.53 bits per heavy atom. The summed E-state index contributed by atoms with van der Waals surface area (Å²) in [4.78, 5) is 10.4. The van der Waals surface area contributed by atoms with Crippen LogP contribution in [0, 0.1) is 5.41 Å². The van der Waals surface area contributed by atoms with Crippen LogP contribution in [0.2, 0.25) is 5.02 Å². The second kappa shape index (κ2) is 4.99. The molecule has 0 aliphatic carbocycles. The minimum atomic E-state index is -0.800. The molecular formula is C8H8BrClN4O. The minimum absolute atomic E-state index is 0.217. The highest BCUT2D eigenvalue weighted by Crippen LogP contribution is 2.25. The maximum atomic E-state index is 10.4. The van der Waals surface area contributed by atoms with Crippen LogP contribution in [0.15, 0.2) is 22.7 Å². The number of benzene rings is 1. The normalized spacial score (nSPS) is 9.47. The van der Waals surface area contributed by atoms with E-state index in [1.165, 1.54) is 0 Å². The van der Waals surface area contributed by atoms with E-state index in [0.717, 1.165) is 4.47 Å². The fourth-order valence-corrected chi connectivity index (χ4v) is 1.40. The molecule has 7 heteroatoms. The number of primary amides is 1. The first kappa shape index (κ1) is 11.8. The number of halogens is 2. The Labute approximate surface area is 99.6 Å². The Kier molecular flexibility index (Phi) is 3.93. The fraction of sp³-hybridized carbons (Fsp3) is 0. The van der Waals surface area contributed by atoms with Gasteiger partial charge >= 0.3 is 6.03 Å². The molecule has 0 fully saturated rings. The van der Waals surface area contributed by atoms with Gasteiger partial charge in [-0.05, 0) is 34.1 Å². The number of carbonyl (C=O) groups excluding carboxylic acids is 1. The first-order valence-electron chi connectivity index (χ1n) is 3.86. The van der Waals surface area contributed by atoms with Gasteiger partial charge in [-0.1, -0.05) is 11.6 Å². The molecule has 0 unspecified atom stereocenters. The molecule has 5 nitrogen and oxygen atoms in total. The monoisotopic (exact) mass is 290 g/mol. The molecule has 1 aromatic rings. The Morgan fingerprint density at radius 2 is 2.20 bits per heavy atom. The van der Waals surface area contributed by atoms with Gasteiger partial charge in [0.2, 0.25) is 5.96 Å². The second-order valence-electron chi connectivity index (χ2n) is 2.61. The van der Waals surface area contributed by atoms with Gasteiger partial charge in [0.25, 0.3) is 0 Å². The van der Waals surface area contributed by atoms with Crippen molar-refractivity contribution in [3.05, 3.63) is 27.7 Å². The van der Waals surface area contributed by atoms with Crippen LogP contribution >= 0.6 is 27.5 Å². The minimum Gasteiger partial charge on any atom is -0.351 e. The molecule has 80 valence electrons. The molecule has 2 amide bonds. The maximum Gasteiger partial charge on any atom is 0.318 e. The third-order valence-corrected chi connectivity index (χ3v) is 2.36. The van der Waals surface area contributed by atoms with E-state index in [1.54, 1.807) is 18.2 Å². The van der Waals surface area contributed by atoms with E-state index < -0.39 is 6.03 Å². The molecule has 0 aliphatic heterocycles. The molecule has 0 heterocycles. The van der Waals surface area contributed by atoms with Crippen molar-refractivity contribution < 1.29 is 4.79 Å². The largest absolute Gasteiger partial charge is 0.351 e. The lowest BCUT2D eigenvalue weighted by molar-refractivity contribution is 0.253. The lowest BCUT2D eigenvalue weighted by Crippen LogP contribution is -2.38. The highest BCUT2D eigenvalue weighted by molar-refractivity contribution is 9.10. The quantitative estimate of drug-likeness (QED) is 0.471. The van der Waals surface area contributed by atoms with Crippen LogP contribution in [-0.2, 0) is 0 Å². The number of guanidine groups is 1. The molecule has 1 rings (SSSR count). The Bertz CT molecular complexity index is 410. The summed E-state index contributed by atoms with van der Waals surface area (Å²) in [5.41, 5.74) is 5.42. The molecule has 0 radical (unpaired) electrons. The molecular weight excluding hydrogens is 283 g/mol. The predicted octanol–water partition coefficient (Wildman–Crippen LogP) is 2.12. The van der Waals surface area contributed by atoms with Crippen LogP contribution in [0.5, 0.6) is 0 Å². The van der Waals surface area contributed by atoms with E-state index in [2.05, 4.69) is 26.6 Å². The summed E-state index contributed by atoms with van der Waals surface area (Å²) in [5, 5.41) is 12.6. The summed E-state index contributed by atoms with van der Waals surface area (Å²) >= 11 is 9.03. The van der Waals surface area contributed by atoms with Crippen LogP contribution in [0.1, 0.15) is 0 Å². The zero-order chi connectivity index (χ0) is 11.4. The third-order valence-electron chi connectivity index (χ3n) is 1.44. The number of nitrogens with two attached hydrogens (primary N) is 1. The Balaban J connectivity index is 2.76. The summed E-state index contributed by atoms with van der Waals surface area (Å²) in [5.74, 6) is -0.217. The lowest BCUT2D eigenvalue weighted by atomic mass is 10.3. The fourth-order valence-electron chi connectivity index (χ4n) is 0.882. The van der Waals surface area contributed by atoms with Gasteiger partial charge in [-0.3, -0.25) is 10.7 Å². The second-order valence-corrected chi connectivity index (χ2v) is 3.90. The van der Waals surface area contributed by atoms with Crippen molar-refractivity contribution in [3.63, 3.8) is 0 Å². The Morgan fingerprint density at radius 3 is 2.80 bits per heavy atom. The number of hydrogen-bond donors (Lipinski definition) is 4. The van der Waals surface area contributed by atoms with Gasteiger partial charge in [0.1, 0.15) is 0 Å². The highest BCUT2D eigenvalue weighted by Gasteiger charge is 2.04. The van der Waals surface area contributed by atoms with Gasteiger partial charge in [0.05, 0.1) is 5.69 Å². The van der Waals surface area contributed by atoms with E-state index in [9.17, 15) is 4.79 Å². The number of urea groups is 1. The topological polar surface area (TPSA) is 91.0 Å². The molecule has 0 saturated heterocycles. The maximum absolute atomic E-state index is 10.4. The number of rotatable bonds is 1. The van der Waals surface area contributed by atoms with Gasteiger partial charge in [-0.2, -0.15) is 0 Å². The molecule has 0 bridgehead atoms. The van der Waals surface area contributed by atoms with Gasteiger partial charge in [0.15, 0.2) is 0 Å². The highest BCUT2D eigenvalue weighted by atomic mass is 79.9. The van der Waals surface area contributed by atoms with E-state index >= 15 is 0 Å². The van der Waals surface area contributed by atoms with Crippen molar-refractivity contribution >= 4 is 45.2 Å². The van der Waals surface area contributed by atoms with Crippen LogP contribution in [0.25, 0.3) is 0 Å². The third kappa shape index (κ3) is 3.77. The van der Waals surface area contributed by atoms with Crippen molar-refractivity contribution in [3.8, 4) is 0 Å². The van der Waals surface area contributed by atoms with Crippen LogP contribution in [0.3, 0.4) is 0 Å². The van der Waals surface area contributed by atoms with Crippen molar-refractivity contribution in [2.45, 2.75) is 0 Å². The van der Waals surface area contributed by atoms with Crippen molar-refractivity contribution in [2.75, 3.05) is 5.32 Å². The molecule has 0 spiro atoms. The average molecular weight is 292 g/mol. The summed E-state index contributed by atoms with van der Waals surface area (Å²) in [6, 6.07) is 4.23. The molecule has 0 saturated carbocycles. The lowest BCUT2D eigenvalue weighted by Gasteiger charge is -2.09. The number of anilines is 1. The van der Waals surface area contributed by atoms with E-state index in [1.807, 2.05) is 0 Å². The molecule has 1 aromatic carbocycles. The van der Waals surface area contributed by atoms with E-state index in [0.29, 0.717) is 10.7 Å². The molecule has 0 aliphatic rings. The standard InChI is InChI=1S/C8H8BrClN4O/c9-5-2-1-4(10)3-6(5)13-7(11)14-8(12)15/h1-3H,(H5,11,12,13,14,15). The van der Waals surface area contributed by atoms with Crippen LogP contribution < -0.4 is 16.4 Å². The molecule has 0 atom stereocenters.